The second kappa shape index (κ2) is 2.22. The second-order valence-corrected chi connectivity index (χ2v) is 3.04. The van der Waals surface area contributed by atoms with Crippen molar-refractivity contribution in [1.82, 2.24) is 0 Å². The van der Waals surface area contributed by atoms with E-state index in [9.17, 15) is 0 Å². The van der Waals surface area contributed by atoms with Gasteiger partial charge >= 0.3 is 0 Å². The minimum atomic E-state index is 0.525. The maximum Gasteiger partial charge on any atom is 0.197 e. The first-order valence-electron chi connectivity index (χ1n) is 3.94. The van der Waals surface area contributed by atoms with E-state index in [2.05, 4.69) is 6.42 Å². The van der Waals surface area contributed by atoms with Crippen molar-refractivity contribution in [2.45, 2.75) is 44.3 Å². The normalized spacial score (nSPS) is 41.8. The molecule has 0 amide bonds. The summed E-state index contributed by atoms with van der Waals surface area (Å²) in [5.41, 5.74) is 0. The van der Waals surface area contributed by atoms with Crippen molar-refractivity contribution in [2.75, 3.05) is 0 Å². The first-order chi connectivity index (χ1) is 4.45. The first kappa shape index (κ1) is 5.60. The second-order valence-electron chi connectivity index (χ2n) is 3.04. The predicted octanol–water partition coefficient (Wildman–Crippen LogP) is 1.92. The Labute approximate surface area is 56.4 Å². The molecule has 1 nitrogen and oxygen atoms in total. The van der Waals surface area contributed by atoms with Crippen LogP contribution in [-0.2, 0) is 4.74 Å². The highest BCUT2D eigenvalue weighted by Gasteiger charge is 2.32. The molecule has 2 atom stereocenters. The summed E-state index contributed by atoms with van der Waals surface area (Å²) in [5, 5.41) is 0. The molecule has 2 heterocycles. The molecule has 2 unspecified atom stereocenters. The standard InChI is InChI=1S/C8H13O/c1-3-7-5-2-6-8(4-1)9-7/h3,7-8H,1-2,4-6H2/q+1. The summed E-state index contributed by atoms with van der Waals surface area (Å²) in [5.74, 6) is 0. The van der Waals surface area contributed by atoms with Crippen LogP contribution in [0.1, 0.15) is 32.1 Å². The third-order valence-electron chi connectivity index (χ3n) is 2.30. The highest BCUT2D eigenvalue weighted by Crippen LogP contribution is 2.29. The quantitative estimate of drug-likeness (QED) is 0.449. The van der Waals surface area contributed by atoms with E-state index < -0.39 is 0 Å². The molecular weight excluding hydrogens is 112 g/mol. The molecule has 0 aromatic rings. The van der Waals surface area contributed by atoms with Crippen LogP contribution in [0.3, 0.4) is 0 Å². The fourth-order valence-electron chi connectivity index (χ4n) is 1.78. The molecule has 0 saturated carbocycles. The molecule has 2 bridgehead atoms. The Balaban J connectivity index is 1.96. The summed E-state index contributed by atoms with van der Waals surface area (Å²) in [6, 6.07) is 0. The summed E-state index contributed by atoms with van der Waals surface area (Å²) in [6.45, 7) is 0. The zero-order chi connectivity index (χ0) is 6.10. The number of hydrogen-bond acceptors (Lipinski definition) is 1. The monoisotopic (exact) mass is 125 g/mol. The topological polar surface area (TPSA) is 9.23 Å². The highest BCUT2D eigenvalue weighted by molar-refractivity contribution is 4.87. The Morgan fingerprint density at radius 3 is 3.00 bits per heavy atom. The molecule has 0 aromatic heterocycles. The third kappa shape index (κ3) is 1.06. The fourth-order valence-corrected chi connectivity index (χ4v) is 1.78. The van der Waals surface area contributed by atoms with Crippen molar-refractivity contribution < 1.29 is 4.74 Å². The van der Waals surface area contributed by atoms with Crippen LogP contribution < -0.4 is 0 Å². The van der Waals surface area contributed by atoms with Gasteiger partial charge in [0, 0.05) is 12.8 Å². The Morgan fingerprint density at radius 1 is 1.22 bits per heavy atom. The van der Waals surface area contributed by atoms with Crippen molar-refractivity contribution in [3.05, 3.63) is 6.42 Å². The average molecular weight is 125 g/mol. The van der Waals surface area contributed by atoms with Gasteiger partial charge in [-0.15, -0.1) is 0 Å². The number of fused-ring (bicyclic) bond motifs is 2. The molecule has 0 aliphatic carbocycles. The zero-order valence-corrected chi connectivity index (χ0v) is 5.68. The number of hydrogen-bond donors (Lipinski definition) is 0. The molecule has 50 valence electrons. The molecule has 0 aromatic carbocycles. The maximum absolute atomic E-state index is 5.67. The van der Waals surface area contributed by atoms with Gasteiger partial charge in [0.05, 0.1) is 12.5 Å². The average Bonchev–Trinajstić information content (AvgIpc) is 1.88. The van der Waals surface area contributed by atoms with Gasteiger partial charge in [0.15, 0.2) is 6.10 Å². The smallest absolute Gasteiger partial charge is 0.197 e. The van der Waals surface area contributed by atoms with Crippen molar-refractivity contribution in [2.24, 2.45) is 0 Å². The summed E-state index contributed by atoms with van der Waals surface area (Å²) in [7, 11) is 0. The molecule has 2 rings (SSSR count). The molecule has 0 spiro atoms. The van der Waals surface area contributed by atoms with Crippen molar-refractivity contribution in [3.63, 3.8) is 0 Å². The van der Waals surface area contributed by atoms with E-state index in [0.29, 0.717) is 12.2 Å². The summed E-state index contributed by atoms with van der Waals surface area (Å²) in [6.07, 6.45) is 10.0. The van der Waals surface area contributed by atoms with Crippen LogP contribution in [0.5, 0.6) is 0 Å². The molecule has 2 aliphatic rings. The lowest BCUT2D eigenvalue weighted by Gasteiger charge is -2.28. The van der Waals surface area contributed by atoms with Crippen molar-refractivity contribution in [3.8, 4) is 0 Å². The Morgan fingerprint density at radius 2 is 2.22 bits per heavy atom. The van der Waals surface area contributed by atoms with Crippen LogP contribution >= 0.6 is 0 Å². The highest BCUT2D eigenvalue weighted by atomic mass is 16.5. The Hall–Kier alpha value is -0.170. The lowest BCUT2D eigenvalue weighted by molar-refractivity contribution is -0.0568. The first-order valence-corrected chi connectivity index (χ1v) is 3.94. The molecule has 0 radical (unpaired) electrons. The third-order valence-corrected chi connectivity index (χ3v) is 2.30. The Kier molecular flexibility index (Phi) is 1.38. The van der Waals surface area contributed by atoms with Gasteiger partial charge in [-0.2, -0.15) is 0 Å². The van der Waals surface area contributed by atoms with Crippen LogP contribution in [0.15, 0.2) is 0 Å². The van der Waals surface area contributed by atoms with Gasteiger partial charge in [-0.25, -0.2) is 0 Å². The number of rotatable bonds is 0. The van der Waals surface area contributed by atoms with E-state index in [1.807, 2.05) is 0 Å². The van der Waals surface area contributed by atoms with E-state index >= 15 is 0 Å². The molecule has 2 aliphatic heterocycles. The van der Waals surface area contributed by atoms with Gasteiger partial charge in [0.1, 0.15) is 6.42 Å². The summed E-state index contributed by atoms with van der Waals surface area (Å²) in [4.78, 5) is 0. The van der Waals surface area contributed by atoms with Gasteiger partial charge < -0.3 is 4.74 Å². The largest absolute Gasteiger partial charge is 0.334 e. The molecule has 9 heavy (non-hydrogen) atoms. The molecule has 2 fully saturated rings. The Bertz CT molecular complexity index is 80.7. The van der Waals surface area contributed by atoms with Gasteiger partial charge in [-0.3, -0.25) is 0 Å². The van der Waals surface area contributed by atoms with Crippen molar-refractivity contribution in [1.29, 1.82) is 0 Å². The van der Waals surface area contributed by atoms with E-state index in [1.165, 1.54) is 32.1 Å². The minimum Gasteiger partial charge on any atom is -0.334 e. The predicted molar refractivity (Wildman–Crippen MR) is 36.0 cm³/mol. The lowest BCUT2D eigenvalue weighted by Crippen LogP contribution is -2.32. The van der Waals surface area contributed by atoms with Crippen LogP contribution in [0.2, 0.25) is 0 Å². The zero-order valence-electron chi connectivity index (χ0n) is 5.68. The number of ether oxygens (including phenoxy) is 1. The van der Waals surface area contributed by atoms with Gasteiger partial charge in [0.2, 0.25) is 0 Å². The molecular formula is C8H13O+. The summed E-state index contributed by atoms with van der Waals surface area (Å²) < 4.78 is 5.67. The summed E-state index contributed by atoms with van der Waals surface area (Å²) >= 11 is 0. The molecule has 1 heteroatoms. The van der Waals surface area contributed by atoms with E-state index in [-0.39, 0.29) is 0 Å². The van der Waals surface area contributed by atoms with E-state index in [0.717, 1.165) is 0 Å². The van der Waals surface area contributed by atoms with Crippen LogP contribution in [-0.4, -0.2) is 12.2 Å². The van der Waals surface area contributed by atoms with Gasteiger partial charge in [-0.1, -0.05) is 0 Å². The minimum absolute atomic E-state index is 0.525. The fraction of sp³-hybridized carbons (Fsp3) is 0.875. The van der Waals surface area contributed by atoms with Crippen LogP contribution in [0.4, 0.5) is 0 Å². The molecule has 0 N–H and O–H groups in total. The van der Waals surface area contributed by atoms with Gasteiger partial charge in [0.25, 0.3) is 0 Å². The SMILES string of the molecule is [CH+]1CCC2CCCC1O2. The van der Waals surface area contributed by atoms with E-state index in [4.69, 9.17) is 4.74 Å². The maximum atomic E-state index is 5.67. The van der Waals surface area contributed by atoms with Crippen LogP contribution in [0.25, 0.3) is 0 Å². The van der Waals surface area contributed by atoms with E-state index in [1.54, 1.807) is 0 Å². The van der Waals surface area contributed by atoms with Crippen molar-refractivity contribution >= 4 is 0 Å². The lowest BCUT2D eigenvalue weighted by atomic mass is 9.92. The van der Waals surface area contributed by atoms with Crippen LogP contribution in [0, 0.1) is 6.42 Å². The van der Waals surface area contributed by atoms with Gasteiger partial charge in [-0.05, 0) is 12.8 Å². The molecule has 2 saturated heterocycles.